The first-order chi connectivity index (χ1) is 6.70. The molecule has 4 heteroatoms. The van der Waals surface area contributed by atoms with Crippen LogP contribution < -0.4 is 10.9 Å². The SMILES string of the molecule is CN(C)C(=O)NNCc1ccccc1. The van der Waals surface area contributed by atoms with Gasteiger partial charge in [-0.2, -0.15) is 0 Å². The molecule has 1 rings (SSSR count). The van der Waals surface area contributed by atoms with Crippen LogP contribution in [0.1, 0.15) is 5.56 Å². The number of rotatable bonds is 3. The molecule has 0 spiro atoms. The molecule has 0 saturated heterocycles. The molecule has 0 bridgehead atoms. The summed E-state index contributed by atoms with van der Waals surface area (Å²) < 4.78 is 0. The second-order valence-corrected chi connectivity index (χ2v) is 3.16. The zero-order valence-corrected chi connectivity index (χ0v) is 8.45. The number of nitrogens with one attached hydrogen (secondary N) is 2. The molecule has 2 N–H and O–H groups in total. The molecular formula is C10H15N3O. The fraction of sp³-hybridized carbons (Fsp3) is 0.300. The van der Waals surface area contributed by atoms with Gasteiger partial charge in [0.15, 0.2) is 0 Å². The number of carbonyl (C=O) groups is 1. The maximum atomic E-state index is 11.1. The Bertz CT molecular complexity index is 285. The van der Waals surface area contributed by atoms with E-state index in [0.29, 0.717) is 6.54 Å². The first-order valence-electron chi connectivity index (χ1n) is 4.44. The average molecular weight is 193 g/mol. The van der Waals surface area contributed by atoms with Crippen molar-refractivity contribution >= 4 is 6.03 Å². The van der Waals surface area contributed by atoms with Crippen LogP contribution in [0.3, 0.4) is 0 Å². The van der Waals surface area contributed by atoms with E-state index in [9.17, 15) is 4.79 Å². The molecule has 0 fully saturated rings. The largest absolute Gasteiger partial charge is 0.331 e. The van der Waals surface area contributed by atoms with Crippen LogP contribution in [-0.4, -0.2) is 25.0 Å². The van der Waals surface area contributed by atoms with Gasteiger partial charge in [-0.1, -0.05) is 30.3 Å². The molecule has 0 atom stereocenters. The third-order valence-electron chi connectivity index (χ3n) is 1.74. The number of hydrogen-bond donors (Lipinski definition) is 2. The Labute approximate surface area is 83.9 Å². The number of hydrogen-bond acceptors (Lipinski definition) is 2. The zero-order chi connectivity index (χ0) is 10.4. The van der Waals surface area contributed by atoms with Crippen molar-refractivity contribution in [1.82, 2.24) is 15.8 Å². The zero-order valence-electron chi connectivity index (χ0n) is 8.45. The van der Waals surface area contributed by atoms with Gasteiger partial charge >= 0.3 is 6.03 Å². The Morgan fingerprint density at radius 2 is 1.93 bits per heavy atom. The second-order valence-electron chi connectivity index (χ2n) is 3.16. The van der Waals surface area contributed by atoms with E-state index in [0.717, 1.165) is 5.56 Å². The fourth-order valence-electron chi connectivity index (χ4n) is 0.930. The van der Waals surface area contributed by atoms with Gasteiger partial charge in [-0.3, -0.25) is 5.43 Å². The highest BCUT2D eigenvalue weighted by Gasteiger charge is 2.00. The van der Waals surface area contributed by atoms with Crippen LogP contribution in [0.4, 0.5) is 4.79 Å². The lowest BCUT2D eigenvalue weighted by molar-refractivity contribution is 0.212. The lowest BCUT2D eigenvalue weighted by atomic mass is 10.2. The van der Waals surface area contributed by atoms with Crippen molar-refractivity contribution in [2.45, 2.75) is 6.54 Å². The summed E-state index contributed by atoms with van der Waals surface area (Å²) >= 11 is 0. The molecule has 0 saturated carbocycles. The van der Waals surface area contributed by atoms with Gasteiger partial charge in [0.25, 0.3) is 0 Å². The summed E-state index contributed by atoms with van der Waals surface area (Å²) in [6.45, 7) is 0.625. The second kappa shape index (κ2) is 5.24. The van der Waals surface area contributed by atoms with Crippen LogP contribution in [-0.2, 0) is 6.54 Å². The first kappa shape index (κ1) is 10.5. The summed E-state index contributed by atoms with van der Waals surface area (Å²) in [6.07, 6.45) is 0. The van der Waals surface area contributed by atoms with E-state index in [1.807, 2.05) is 30.3 Å². The number of nitrogens with zero attached hydrogens (tertiary/aromatic N) is 1. The fourth-order valence-corrected chi connectivity index (χ4v) is 0.930. The van der Waals surface area contributed by atoms with Gasteiger partial charge in [-0.05, 0) is 5.56 Å². The molecule has 0 radical (unpaired) electrons. The van der Waals surface area contributed by atoms with Gasteiger partial charge in [-0.15, -0.1) is 0 Å². The van der Waals surface area contributed by atoms with Crippen LogP contribution in [0.2, 0.25) is 0 Å². The van der Waals surface area contributed by atoms with Gasteiger partial charge < -0.3 is 4.90 Å². The van der Waals surface area contributed by atoms with Crippen molar-refractivity contribution in [3.63, 3.8) is 0 Å². The molecule has 4 nitrogen and oxygen atoms in total. The molecule has 76 valence electrons. The van der Waals surface area contributed by atoms with Crippen molar-refractivity contribution in [3.8, 4) is 0 Å². The third kappa shape index (κ3) is 3.45. The monoisotopic (exact) mass is 193 g/mol. The summed E-state index contributed by atoms with van der Waals surface area (Å²) in [7, 11) is 3.39. The van der Waals surface area contributed by atoms with E-state index in [-0.39, 0.29) is 6.03 Å². The molecule has 0 aliphatic carbocycles. The summed E-state index contributed by atoms with van der Waals surface area (Å²) in [5.74, 6) is 0. The highest BCUT2D eigenvalue weighted by atomic mass is 16.2. The molecular weight excluding hydrogens is 178 g/mol. The number of urea groups is 1. The van der Waals surface area contributed by atoms with Gasteiger partial charge in [0.2, 0.25) is 0 Å². The summed E-state index contributed by atoms with van der Waals surface area (Å²) in [6, 6.07) is 9.72. The van der Waals surface area contributed by atoms with Gasteiger partial charge in [0.1, 0.15) is 0 Å². The van der Waals surface area contributed by atoms with E-state index in [1.54, 1.807) is 14.1 Å². The predicted molar refractivity (Wildman–Crippen MR) is 55.5 cm³/mol. The Balaban J connectivity index is 2.26. The maximum Gasteiger partial charge on any atom is 0.331 e. The van der Waals surface area contributed by atoms with E-state index < -0.39 is 0 Å². The van der Waals surface area contributed by atoms with Crippen LogP contribution in [0, 0.1) is 0 Å². The van der Waals surface area contributed by atoms with Gasteiger partial charge in [0.05, 0.1) is 0 Å². The molecule has 0 aliphatic heterocycles. The number of hydrazine groups is 1. The predicted octanol–water partition coefficient (Wildman–Crippen LogP) is 0.962. The topological polar surface area (TPSA) is 44.4 Å². The molecule has 0 unspecified atom stereocenters. The molecule has 1 aromatic rings. The minimum absolute atomic E-state index is 0.152. The standard InChI is InChI=1S/C10H15N3O/c1-13(2)10(14)12-11-8-9-6-4-3-5-7-9/h3-7,11H,8H2,1-2H3,(H,12,14). The van der Waals surface area contributed by atoms with Crippen LogP contribution in [0.25, 0.3) is 0 Å². The quantitative estimate of drug-likeness (QED) is 0.702. The maximum absolute atomic E-state index is 11.1. The number of carbonyl (C=O) groups excluding carboxylic acids is 1. The summed E-state index contributed by atoms with van der Waals surface area (Å²) in [5.41, 5.74) is 6.54. The summed E-state index contributed by atoms with van der Waals surface area (Å²) in [4.78, 5) is 12.6. The van der Waals surface area contributed by atoms with Crippen molar-refractivity contribution in [2.75, 3.05) is 14.1 Å². The van der Waals surface area contributed by atoms with E-state index in [2.05, 4.69) is 10.9 Å². The normalized spacial score (nSPS) is 9.57. The highest BCUT2D eigenvalue weighted by Crippen LogP contribution is 1.95. The van der Waals surface area contributed by atoms with E-state index >= 15 is 0 Å². The van der Waals surface area contributed by atoms with Crippen molar-refractivity contribution in [3.05, 3.63) is 35.9 Å². The molecule has 0 aliphatic rings. The average Bonchev–Trinajstić information content (AvgIpc) is 2.19. The Kier molecular flexibility index (Phi) is 3.94. The molecule has 0 aromatic heterocycles. The number of benzene rings is 1. The molecule has 2 amide bonds. The third-order valence-corrected chi connectivity index (χ3v) is 1.74. The molecule has 0 heterocycles. The smallest absolute Gasteiger partial charge is 0.330 e. The van der Waals surface area contributed by atoms with Crippen LogP contribution >= 0.6 is 0 Å². The number of amides is 2. The van der Waals surface area contributed by atoms with Gasteiger partial charge in [-0.25, -0.2) is 10.2 Å². The van der Waals surface area contributed by atoms with Gasteiger partial charge in [0, 0.05) is 20.6 Å². The van der Waals surface area contributed by atoms with E-state index in [4.69, 9.17) is 0 Å². The molecule has 14 heavy (non-hydrogen) atoms. The minimum Gasteiger partial charge on any atom is -0.330 e. The Hall–Kier alpha value is -1.55. The van der Waals surface area contributed by atoms with Crippen LogP contribution in [0.15, 0.2) is 30.3 Å². The van der Waals surface area contributed by atoms with Crippen molar-refractivity contribution in [1.29, 1.82) is 0 Å². The van der Waals surface area contributed by atoms with E-state index in [1.165, 1.54) is 4.90 Å². The van der Waals surface area contributed by atoms with Crippen molar-refractivity contribution in [2.24, 2.45) is 0 Å². The lowest BCUT2D eigenvalue weighted by Crippen LogP contribution is -2.43. The Morgan fingerprint density at radius 3 is 2.50 bits per heavy atom. The van der Waals surface area contributed by atoms with Crippen LogP contribution in [0.5, 0.6) is 0 Å². The Morgan fingerprint density at radius 1 is 1.29 bits per heavy atom. The highest BCUT2D eigenvalue weighted by molar-refractivity contribution is 5.72. The van der Waals surface area contributed by atoms with Crippen molar-refractivity contribution < 1.29 is 4.79 Å². The lowest BCUT2D eigenvalue weighted by Gasteiger charge is -2.12. The minimum atomic E-state index is -0.152. The summed E-state index contributed by atoms with van der Waals surface area (Å²) in [5, 5.41) is 0. The first-order valence-corrected chi connectivity index (χ1v) is 4.44. The molecule has 1 aromatic carbocycles.